The standard InChI is InChI=1S/C22H18O3/c1-2-25-21(23)15-14-19-18-11-7-6-8-16(18)12-13-20(19)22(24)17-9-4-3-5-10-17/h3-15H,2H2,1H3/b15-14+. The highest BCUT2D eigenvalue weighted by molar-refractivity contribution is 6.14. The molecule has 0 aliphatic rings. The minimum Gasteiger partial charge on any atom is -0.463 e. The average Bonchev–Trinajstić information content (AvgIpc) is 2.66. The number of ketones is 1. The molecule has 0 bridgehead atoms. The Balaban J connectivity index is 2.13. The van der Waals surface area contributed by atoms with Crippen LogP contribution >= 0.6 is 0 Å². The molecule has 3 aromatic carbocycles. The lowest BCUT2D eigenvalue weighted by Crippen LogP contribution is -2.05. The summed E-state index contributed by atoms with van der Waals surface area (Å²) < 4.78 is 4.95. The summed E-state index contributed by atoms with van der Waals surface area (Å²) in [7, 11) is 0. The number of benzene rings is 3. The predicted octanol–water partition coefficient (Wildman–Crippen LogP) is 4.65. The van der Waals surface area contributed by atoms with Gasteiger partial charge < -0.3 is 4.74 Å². The van der Waals surface area contributed by atoms with Crippen molar-refractivity contribution in [1.29, 1.82) is 0 Å². The van der Waals surface area contributed by atoms with Gasteiger partial charge in [-0.1, -0.05) is 60.7 Å². The minimum absolute atomic E-state index is 0.0742. The van der Waals surface area contributed by atoms with Gasteiger partial charge in [-0.2, -0.15) is 0 Å². The molecule has 0 aliphatic heterocycles. The number of carbonyl (C=O) groups excluding carboxylic acids is 2. The quantitative estimate of drug-likeness (QED) is 0.389. The second-order valence-electron chi connectivity index (χ2n) is 5.53. The van der Waals surface area contributed by atoms with E-state index in [0.717, 1.165) is 16.3 Å². The number of hydrogen-bond donors (Lipinski definition) is 0. The number of esters is 1. The summed E-state index contributed by atoms with van der Waals surface area (Å²) in [6.45, 7) is 2.07. The van der Waals surface area contributed by atoms with Crippen LogP contribution in [0.4, 0.5) is 0 Å². The van der Waals surface area contributed by atoms with E-state index < -0.39 is 5.97 Å². The van der Waals surface area contributed by atoms with Crippen molar-refractivity contribution >= 4 is 28.6 Å². The molecule has 3 nitrogen and oxygen atoms in total. The van der Waals surface area contributed by atoms with Crippen molar-refractivity contribution in [2.75, 3.05) is 6.61 Å². The molecule has 0 atom stereocenters. The van der Waals surface area contributed by atoms with Crippen LogP contribution in [0.25, 0.3) is 16.8 Å². The summed E-state index contributed by atoms with van der Waals surface area (Å²) in [5.74, 6) is -0.497. The van der Waals surface area contributed by atoms with Crippen molar-refractivity contribution in [2.24, 2.45) is 0 Å². The first-order chi connectivity index (χ1) is 12.2. The Labute approximate surface area is 146 Å². The highest BCUT2D eigenvalue weighted by Gasteiger charge is 2.14. The molecule has 124 valence electrons. The zero-order valence-electron chi connectivity index (χ0n) is 13.9. The smallest absolute Gasteiger partial charge is 0.330 e. The molecule has 0 aromatic heterocycles. The monoisotopic (exact) mass is 330 g/mol. The summed E-state index contributed by atoms with van der Waals surface area (Å²) in [4.78, 5) is 24.6. The molecule has 0 heterocycles. The van der Waals surface area contributed by atoms with Crippen molar-refractivity contribution in [2.45, 2.75) is 6.92 Å². The highest BCUT2D eigenvalue weighted by Crippen LogP contribution is 2.26. The van der Waals surface area contributed by atoms with Gasteiger partial charge in [0.1, 0.15) is 0 Å². The van der Waals surface area contributed by atoms with Crippen molar-refractivity contribution < 1.29 is 14.3 Å². The van der Waals surface area contributed by atoms with Gasteiger partial charge in [-0.15, -0.1) is 0 Å². The number of ether oxygens (including phenoxy) is 1. The van der Waals surface area contributed by atoms with Crippen molar-refractivity contribution in [3.05, 3.63) is 89.5 Å². The van der Waals surface area contributed by atoms with E-state index in [1.807, 2.05) is 54.6 Å². The molecular weight excluding hydrogens is 312 g/mol. The lowest BCUT2D eigenvalue weighted by atomic mass is 9.93. The van der Waals surface area contributed by atoms with Gasteiger partial charge in [-0.25, -0.2) is 4.79 Å². The molecule has 0 aliphatic carbocycles. The number of carbonyl (C=O) groups is 2. The molecule has 0 N–H and O–H groups in total. The summed E-state index contributed by atoms with van der Waals surface area (Å²) in [5, 5.41) is 1.93. The maximum Gasteiger partial charge on any atom is 0.330 e. The van der Waals surface area contributed by atoms with Crippen molar-refractivity contribution in [3.8, 4) is 0 Å². The minimum atomic E-state index is -0.423. The largest absolute Gasteiger partial charge is 0.463 e. The third-order valence-electron chi connectivity index (χ3n) is 3.92. The van der Waals surface area contributed by atoms with Gasteiger partial charge in [-0.3, -0.25) is 4.79 Å². The molecule has 0 saturated heterocycles. The van der Waals surface area contributed by atoms with Gasteiger partial charge in [-0.05, 0) is 35.4 Å². The van der Waals surface area contributed by atoms with Crippen molar-refractivity contribution in [3.63, 3.8) is 0 Å². The Morgan fingerprint density at radius 3 is 2.40 bits per heavy atom. The van der Waals surface area contributed by atoms with E-state index in [-0.39, 0.29) is 5.78 Å². The molecule has 0 fully saturated rings. The molecule has 0 radical (unpaired) electrons. The van der Waals surface area contributed by atoms with Crippen molar-refractivity contribution in [1.82, 2.24) is 0 Å². The zero-order valence-corrected chi connectivity index (χ0v) is 13.9. The lowest BCUT2D eigenvalue weighted by Gasteiger charge is -2.10. The molecule has 0 unspecified atom stereocenters. The fraction of sp³-hybridized carbons (Fsp3) is 0.0909. The van der Waals surface area contributed by atoms with Crippen LogP contribution in [0.1, 0.15) is 28.4 Å². The van der Waals surface area contributed by atoms with Crippen LogP contribution in [0.5, 0.6) is 0 Å². The highest BCUT2D eigenvalue weighted by atomic mass is 16.5. The molecule has 0 amide bonds. The average molecular weight is 330 g/mol. The maximum atomic E-state index is 12.9. The van der Waals surface area contributed by atoms with E-state index in [2.05, 4.69) is 0 Å². The number of hydrogen-bond acceptors (Lipinski definition) is 3. The Morgan fingerprint density at radius 1 is 0.920 bits per heavy atom. The van der Waals surface area contributed by atoms with Gasteiger partial charge in [0.25, 0.3) is 0 Å². The predicted molar refractivity (Wildman–Crippen MR) is 99.5 cm³/mol. The van der Waals surface area contributed by atoms with Crippen LogP contribution in [0.3, 0.4) is 0 Å². The summed E-state index contributed by atoms with van der Waals surface area (Å²) in [5.41, 5.74) is 1.90. The SMILES string of the molecule is CCOC(=O)/C=C/c1c(C(=O)c2ccccc2)ccc2ccccc12. The molecule has 25 heavy (non-hydrogen) atoms. The maximum absolute atomic E-state index is 12.9. The fourth-order valence-electron chi connectivity index (χ4n) is 2.76. The Kier molecular flexibility index (Phi) is 5.05. The second kappa shape index (κ2) is 7.58. The summed E-state index contributed by atoms with van der Waals surface area (Å²) in [6, 6.07) is 20.6. The van der Waals surface area contributed by atoms with Crippen LogP contribution in [0.15, 0.2) is 72.8 Å². The second-order valence-corrected chi connectivity index (χ2v) is 5.53. The Hall–Kier alpha value is -3.20. The fourth-order valence-corrected chi connectivity index (χ4v) is 2.76. The van der Waals surface area contributed by atoms with Crippen LogP contribution in [-0.4, -0.2) is 18.4 Å². The van der Waals surface area contributed by atoms with E-state index in [9.17, 15) is 9.59 Å². The molecule has 0 saturated carbocycles. The van der Waals surface area contributed by atoms with Crippen LogP contribution < -0.4 is 0 Å². The summed E-state index contributed by atoms with van der Waals surface area (Å²) >= 11 is 0. The third kappa shape index (κ3) is 3.66. The summed E-state index contributed by atoms with van der Waals surface area (Å²) in [6.07, 6.45) is 3.03. The van der Waals surface area contributed by atoms with E-state index in [1.54, 1.807) is 25.1 Å². The first-order valence-electron chi connectivity index (χ1n) is 8.17. The third-order valence-corrected chi connectivity index (χ3v) is 3.92. The molecule has 3 aromatic rings. The van der Waals surface area contributed by atoms with Crippen LogP contribution in [-0.2, 0) is 9.53 Å². The number of fused-ring (bicyclic) bond motifs is 1. The zero-order chi connectivity index (χ0) is 17.6. The van der Waals surface area contributed by atoms with Gasteiger partial charge >= 0.3 is 5.97 Å². The first-order valence-corrected chi connectivity index (χ1v) is 8.17. The molecular formula is C22H18O3. The van der Waals surface area contributed by atoms with E-state index >= 15 is 0 Å². The topological polar surface area (TPSA) is 43.4 Å². The molecule has 3 heteroatoms. The van der Waals surface area contributed by atoms with Crippen LogP contribution in [0.2, 0.25) is 0 Å². The lowest BCUT2D eigenvalue weighted by molar-refractivity contribution is -0.137. The Morgan fingerprint density at radius 2 is 1.64 bits per heavy atom. The normalized spacial score (nSPS) is 10.9. The van der Waals surface area contributed by atoms with Crippen LogP contribution in [0, 0.1) is 0 Å². The first kappa shape index (κ1) is 16.7. The van der Waals surface area contributed by atoms with Gasteiger partial charge in [0, 0.05) is 17.2 Å². The van der Waals surface area contributed by atoms with Gasteiger partial charge in [0.2, 0.25) is 0 Å². The van der Waals surface area contributed by atoms with E-state index in [0.29, 0.717) is 17.7 Å². The number of rotatable bonds is 5. The van der Waals surface area contributed by atoms with Gasteiger partial charge in [0.05, 0.1) is 6.61 Å². The van der Waals surface area contributed by atoms with Gasteiger partial charge in [0.15, 0.2) is 5.78 Å². The molecule has 3 rings (SSSR count). The van der Waals surface area contributed by atoms with E-state index in [1.165, 1.54) is 6.08 Å². The Bertz CT molecular complexity index is 940. The van der Waals surface area contributed by atoms with E-state index in [4.69, 9.17) is 4.74 Å². The molecule has 0 spiro atoms.